The standard InChI is InChI=1S/C14H13Cl2NO/c15-12-5-13(16)7-14(6-12)18-9-11-3-1-2-10(4-11)8-17/h1-7H,8-9,17H2. The molecule has 0 heterocycles. The van der Waals surface area contributed by atoms with Gasteiger partial charge in [0.1, 0.15) is 12.4 Å². The highest BCUT2D eigenvalue weighted by molar-refractivity contribution is 6.34. The number of hydrogen-bond donors (Lipinski definition) is 1. The van der Waals surface area contributed by atoms with E-state index in [1.807, 2.05) is 24.3 Å². The molecule has 0 aliphatic rings. The molecule has 2 nitrogen and oxygen atoms in total. The molecule has 0 saturated heterocycles. The lowest BCUT2D eigenvalue weighted by Crippen LogP contribution is -1.99. The van der Waals surface area contributed by atoms with Gasteiger partial charge < -0.3 is 10.5 Å². The summed E-state index contributed by atoms with van der Waals surface area (Å²) in [5.74, 6) is 0.658. The summed E-state index contributed by atoms with van der Waals surface area (Å²) in [7, 11) is 0. The molecular weight excluding hydrogens is 269 g/mol. The van der Waals surface area contributed by atoms with E-state index >= 15 is 0 Å². The monoisotopic (exact) mass is 281 g/mol. The lowest BCUT2D eigenvalue weighted by molar-refractivity contribution is 0.306. The van der Waals surface area contributed by atoms with Crippen LogP contribution in [-0.2, 0) is 13.2 Å². The van der Waals surface area contributed by atoms with E-state index in [0.717, 1.165) is 11.1 Å². The Balaban J connectivity index is 2.06. The number of rotatable bonds is 4. The van der Waals surface area contributed by atoms with Crippen LogP contribution >= 0.6 is 23.2 Å². The molecule has 0 saturated carbocycles. The van der Waals surface area contributed by atoms with Crippen LogP contribution in [0.15, 0.2) is 42.5 Å². The first-order valence-corrected chi connectivity index (χ1v) is 6.30. The van der Waals surface area contributed by atoms with Crippen molar-refractivity contribution in [3.63, 3.8) is 0 Å². The average molecular weight is 282 g/mol. The molecule has 0 aliphatic carbocycles. The van der Waals surface area contributed by atoms with Crippen LogP contribution < -0.4 is 10.5 Å². The van der Waals surface area contributed by atoms with Crippen molar-refractivity contribution < 1.29 is 4.74 Å². The topological polar surface area (TPSA) is 35.2 Å². The Morgan fingerprint density at radius 2 is 1.61 bits per heavy atom. The summed E-state index contributed by atoms with van der Waals surface area (Å²) in [6, 6.07) is 13.1. The zero-order valence-corrected chi connectivity index (χ0v) is 11.2. The van der Waals surface area contributed by atoms with Gasteiger partial charge in [-0.2, -0.15) is 0 Å². The summed E-state index contributed by atoms with van der Waals surface area (Å²) in [6.07, 6.45) is 0. The number of ether oxygens (including phenoxy) is 1. The summed E-state index contributed by atoms with van der Waals surface area (Å²) in [6.45, 7) is 0.987. The highest BCUT2D eigenvalue weighted by atomic mass is 35.5. The van der Waals surface area contributed by atoms with Gasteiger partial charge in [0.25, 0.3) is 0 Å². The summed E-state index contributed by atoms with van der Waals surface area (Å²) in [5.41, 5.74) is 7.74. The second-order valence-electron chi connectivity index (χ2n) is 3.92. The number of benzene rings is 2. The molecule has 4 heteroatoms. The molecule has 0 aromatic heterocycles. The summed E-state index contributed by atoms with van der Waals surface area (Å²) < 4.78 is 5.64. The molecule has 0 bridgehead atoms. The highest BCUT2D eigenvalue weighted by Crippen LogP contribution is 2.24. The van der Waals surface area contributed by atoms with Crippen LogP contribution in [0.25, 0.3) is 0 Å². The fraction of sp³-hybridized carbons (Fsp3) is 0.143. The lowest BCUT2D eigenvalue weighted by atomic mass is 10.1. The molecule has 0 aliphatic heterocycles. The maximum Gasteiger partial charge on any atom is 0.122 e. The Morgan fingerprint density at radius 1 is 0.944 bits per heavy atom. The van der Waals surface area contributed by atoms with Crippen molar-refractivity contribution in [3.05, 3.63) is 63.6 Å². The maximum absolute atomic E-state index is 5.90. The Labute approximate surface area is 116 Å². The third kappa shape index (κ3) is 3.64. The van der Waals surface area contributed by atoms with E-state index in [2.05, 4.69) is 0 Å². The van der Waals surface area contributed by atoms with Gasteiger partial charge in [-0.25, -0.2) is 0 Å². The van der Waals surface area contributed by atoms with Gasteiger partial charge in [0.15, 0.2) is 0 Å². The van der Waals surface area contributed by atoms with E-state index < -0.39 is 0 Å². The van der Waals surface area contributed by atoms with Gasteiger partial charge in [0.2, 0.25) is 0 Å². The molecule has 0 radical (unpaired) electrons. The van der Waals surface area contributed by atoms with Crippen molar-refractivity contribution in [1.29, 1.82) is 0 Å². The normalized spacial score (nSPS) is 10.4. The first-order valence-electron chi connectivity index (χ1n) is 5.54. The van der Waals surface area contributed by atoms with Crippen molar-refractivity contribution in [2.75, 3.05) is 0 Å². The largest absolute Gasteiger partial charge is 0.489 e. The maximum atomic E-state index is 5.90. The number of hydrogen-bond acceptors (Lipinski definition) is 2. The molecule has 0 fully saturated rings. The molecular formula is C14H13Cl2NO. The number of nitrogens with two attached hydrogens (primary N) is 1. The second kappa shape index (κ2) is 6.10. The van der Waals surface area contributed by atoms with Crippen LogP contribution in [0.2, 0.25) is 10.0 Å². The first kappa shape index (κ1) is 13.2. The van der Waals surface area contributed by atoms with Gasteiger partial charge in [-0.1, -0.05) is 47.5 Å². The molecule has 0 unspecified atom stereocenters. The molecule has 2 aromatic rings. The van der Waals surface area contributed by atoms with E-state index in [0.29, 0.717) is 28.9 Å². The van der Waals surface area contributed by atoms with E-state index in [1.165, 1.54) is 0 Å². The zero-order chi connectivity index (χ0) is 13.0. The quantitative estimate of drug-likeness (QED) is 0.918. The lowest BCUT2D eigenvalue weighted by Gasteiger charge is -2.08. The van der Waals surface area contributed by atoms with Crippen LogP contribution in [0, 0.1) is 0 Å². The molecule has 0 atom stereocenters. The van der Waals surface area contributed by atoms with Crippen LogP contribution in [0.5, 0.6) is 5.75 Å². The smallest absolute Gasteiger partial charge is 0.122 e. The van der Waals surface area contributed by atoms with Crippen molar-refractivity contribution in [1.82, 2.24) is 0 Å². The third-order valence-corrected chi connectivity index (χ3v) is 2.91. The van der Waals surface area contributed by atoms with Gasteiger partial charge in [0.05, 0.1) is 0 Å². The summed E-state index contributed by atoms with van der Waals surface area (Å²) >= 11 is 11.8. The van der Waals surface area contributed by atoms with E-state index in [4.69, 9.17) is 33.7 Å². The minimum absolute atomic E-state index is 0.463. The summed E-state index contributed by atoms with van der Waals surface area (Å²) in [4.78, 5) is 0. The minimum Gasteiger partial charge on any atom is -0.489 e. The van der Waals surface area contributed by atoms with Gasteiger partial charge in [-0.15, -0.1) is 0 Å². The Bertz CT molecular complexity index is 523. The zero-order valence-electron chi connectivity index (χ0n) is 9.70. The fourth-order valence-corrected chi connectivity index (χ4v) is 2.13. The number of halogens is 2. The Kier molecular flexibility index (Phi) is 4.48. The highest BCUT2D eigenvalue weighted by Gasteiger charge is 2.00. The molecule has 2 N–H and O–H groups in total. The average Bonchev–Trinajstić information content (AvgIpc) is 2.35. The van der Waals surface area contributed by atoms with Gasteiger partial charge in [-0.3, -0.25) is 0 Å². The van der Waals surface area contributed by atoms with E-state index in [1.54, 1.807) is 18.2 Å². The molecule has 2 rings (SSSR count). The van der Waals surface area contributed by atoms with E-state index in [-0.39, 0.29) is 0 Å². The third-order valence-electron chi connectivity index (χ3n) is 2.47. The van der Waals surface area contributed by atoms with Crippen molar-refractivity contribution in [3.8, 4) is 5.75 Å². The Hall–Kier alpha value is -1.22. The van der Waals surface area contributed by atoms with Gasteiger partial charge in [0, 0.05) is 16.6 Å². The van der Waals surface area contributed by atoms with Crippen LogP contribution in [0.4, 0.5) is 0 Å². The minimum atomic E-state index is 0.463. The molecule has 2 aromatic carbocycles. The van der Waals surface area contributed by atoms with Crippen LogP contribution in [-0.4, -0.2) is 0 Å². The van der Waals surface area contributed by atoms with Crippen LogP contribution in [0.1, 0.15) is 11.1 Å². The van der Waals surface area contributed by atoms with Crippen molar-refractivity contribution >= 4 is 23.2 Å². The SMILES string of the molecule is NCc1cccc(COc2cc(Cl)cc(Cl)c2)c1. The van der Waals surface area contributed by atoms with Gasteiger partial charge in [-0.05, 0) is 29.3 Å². The van der Waals surface area contributed by atoms with E-state index in [9.17, 15) is 0 Å². The van der Waals surface area contributed by atoms with Crippen molar-refractivity contribution in [2.24, 2.45) is 5.73 Å². The molecule has 18 heavy (non-hydrogen) atoms. The second-order valence-corrected chi connectivity index (χ2v) is 4.79. The molecule has 0 spiro atoms. The summed E-state index contributed by atoms with van der Waals surface area (Å²) in [5, 5.41) is 1.13. The fourth-order valence-electron chi connectivity index (χ4n) is 1.62. The Morgan fingerprint density at radius 3 is 2.28 bits per heavy atom. The van der Waals surface area contributed by atoms with Gasteiger partial charge >= 0.3 is 0 Å². The van der Waals surface area contributed by atoms with Crippen molar-refractivity contribution in [2.45, 2.75) is 13.2 Å². The first-order chi connectivity index (χ1) is 8.67. The molecule has 0 amide bonds. The predicted octanol–water partition coefficient (Wildman–Crippen LogP) is 4.03. The van der Waals surface area contributed by atoms with Crippen LogP contribution in [0.3, 0.4) is 0 Å². The molecule has 94 valence electrons. The predicted molar refractivity (Wildman–Crippen MR) is 75.1 cm³/mol.